The molecule has 132 valence electrons. The van der Waals surface area contributed by atoms with Crippen molar-refractivity contribution in [3.8, 4) is 0 Å². The zero-order valence-corrected chi connectivity index (χ0v) is 14.9. The number of nitrogens with two attached hydrogens (primary N) is 1. The van der Waals surface area contributed by atoms with Gasteiger partial charge in [0.15, 0.2) is 5.96 Å². The molecule has 0 atom stereocenters. The second kappa shape index (κ2) is 5.59. The van der Waals surface area contributed by atoms with Crippen molar-refractivity contribution in [1.82, 2.24) is 9.55 Å². The average molecular weight is 345 g/mol. The van der Waals surface area contributed by atoms with Gasteiger partial charge in [-0.15, -0.1) is 0 Å². The van der Waals surface area contributed by atoms with Crippen LogP contribution in [0.1, 0.15) is 42.7 Å². The van der Waals surface area contributed by atoms with Gasteiger partial charge in [0, 0.05) is 0 Å². The number of rotatable bonds is 1. The van der Waals surface area contributed by atoms with Gasteiger partial charge in [0.1, 0.15) is 5.66 Å². The van der Waals surface area contributed by atoms with Gasteiger partial charge in [0.2, 0.25) is 5.95 Å². The number of aromatic nitrogens is 2. The van der Waals surface area contributed by atoms with Gasteiger partial charge in [-0.3, -0.25) is 9.88 Å². The molecule has 1 aliphatic heterocycles. The van der Waals surface area contributed by atoms with E-state index in [1.807, 2.05) is 12.1 Å². The molecule has 1 spiro atoms. The van der Waals surface area contributed by atoms with E-state index in [-0.39, 0.29) is 5.66 Å². The normalized spacial score (nSPS) is 25.0. The van der Waals surface area contributed by atoms with E-state index < -0.39 is 0 Å². The van der Waals surface area contributed by atoms with Crippen molar-refractivity contribution in [1.29, 1.82) is 0 Å². The molecular formula is C21H23N5. The number of aliphatic imine (C=N–C) groups is 1. The monoisotopic (exact) mass is 345 g/mol. The van der Waals surface area contributed by atoms with Gasteiger partial charge in [0.25, 0.3) is 0 Å². The number of fused-ring (bicyclic) bond motifs is 4. The number of para-hydroxylation sites is 2. The molecule has 5 heteroatoms. The van der Waals surface area contributed by atoms with Crippen LogP contribution in [-0.4, -0.2) is 15.5 Å². The second-order valence-electron chi connectivity index (χ2n) is 7.55. The van der Waals surface area contributed by atoms with Crippen LogP contribution in [0.2, 0.25) is 0 Å². The highest BCUT2D eigenvalue weighted by atomic mass is 15.4. The standard InChI is InChI=1S/C21H23N5/c1-14-6-8-15(9-7-14)16-10-12-21(13-11-16)25-19(22)24-20-23-17-4-2-3-5-18(17)26(20)21/h2-9,16H,10-13H2,1H3,(H3,22,23,24,25). The lowest BCUT2D eigenvalue weighted by Gasteiger charge is -2.41. The summed E-state index contributed by atoms with van der Waals surface area (Å²) in [4.78, 5) is 9.62. The third-order valence-electron chi connectivity index (χ3n) is 5.88. The molecule has 3 aromatic rings. The summed E-state index contributed by atoms with van der Waals surface area (Å²) in [5, 5.41) is 3.15. The van der Waals surface area contributed by atoms with Crippen LogP contribution in [0.4, 0.5) is 5.95 Å². The number of nitrogens with zero attached hydrogens (tertiary/aromatic N) is 3. The maximum absolute atomic E-state index is 6.12. The van der Waals surface area contributed by atoms with Gasteiger partial charge < -0.3 is 5.73 Å². The summed E-state index contributed by atoms with van der Waals surface area (Å²) in [7, 11) is 0. The van der Waals surface area contributed by atoms with Crippen molar-refractivity contribution in [2.45, 2.75) is 44.2 Å². The fourth-order valence-electron chi connectivity index (χ4n) is 4.54. The van der Waals surface area contributed by atoms with Gasteiger partial charge in [-0.2, -0.15) is 0 Å². The Kier molecular flexibility index (Phi) is 3.32. The average Bonchev–Trinajstić information content (AvgIpc) is 3.02. The Morgan fingerprint density at radius 1 is 1.08 bits per heavy atom. The Bertz CT molecular complexity index is 991. The summed E-state index contributed by atoms with van der Waals surface area (Å²) in [6.07, 6.45) is 4.15. The molecule has 2 aromatic carbocycles. The summed E-state index contributed by atoms with van der Waals surface area (Å²) < 4.78 is 2.27. The number of guanidine groups is 1. The van der Waals surface area contributed by atoms with Crippen LogP contribution >= 0.6 is 0 Å². The van der Waals surface area contributed by atoms with Crippen molar-refractivity contribution in [3.05, 3.63) is 59.7 Å². The van der Waals surface area contributed by atoms with Crippen molar-refractivity contribution in [3.63, 3.8) is 0 Å². The molecule has 0 amide bonds. The molecule has 1 aliphatic carbocycles. The number of benzene rings is 2. The van der Waals surface area contributed by atoms with Crippen LogP contribution < -0.4 is 11.1 Å². The number of hydrogen-bond donors (Lipinski definition) is 2. The van der Waals surface area contributed by atoms with Crippen molar-refractivity contribution >= 4 is 22.9 Å². The highest BCUT2D eigenvalue weighted by Gasteiger charge is 2.42. The molecule has 5 rings (SSSR count). The minimum atomic E-state index is -0.317. The van der Waals surface area contributed by atoms with Gasteiger partial charge in [-0.25, -0.2) is 9.98 Å². The molecular weight excluding hydrogens is 322 g/mol. The van der Waals surface area contributed by atoms with E-state index in [0.717, 1.165) is 42.7 Å². The van der Waals surface area contributed by atoms with Crippen LogP contribution in [-0.2, 0) is 5.66 Å². The number of aryl methyl sites for hydroxylation is 1. The first-order valence-electron chi connectivity index (χ1n) is 9.31. The zero-order chi connectivity index (χ0) is 17.7. The van der Waals surface area contributed by atoms with E-state index in [1.165, 1.54) is 11.1 Å². The van der Waals surface area contributed by atoms with Crippen LogP contribution in [0.5, 0.6) is 0 Å². The molecule has 0 bridgehead atoms. The van der Waals surface area contributed by atoms with Crippen LogP contribution in [0, 0.1) is 6.92 Å². The predicted octanol–water partition coefficient (Wildman–Crippen LogP) is 4.10. The van der Waals surface area contributed by atoms with E-state index in [9.17, 15) is 0 Å². The van der Waals surface area contributed by atoms with Gasteiger partial charge in [-0.05, 0) is 56.2 Å². The Labute approximate surface area is 153 Å². The summed E-state index contributed by atoms with van der Waals surface area (Å²) in [6, 6.07) is 17.2. The third kappa shape index (κ3) is 2.30. The molecule has 26 heavy (non-hydrogen) atoms. The number of hydrogen-bond acceptors (Lipinski definition) is 4. The van der Waals surface area contributed by atoms with E-state index >= 15 is 0 Å². The van der Waals surface area contributed by atoms with Crippen molar-refractivity contribution in [2.75, 3.05) is 5.32 Å². The fourth-order valence-corrected chi connectivity index (χ4v) is 4.54. The number of imidazole rings is 1. The lowest BCUT2D eigenvalue weighted by atomic mass is 9.78. The Morgan fingerprint density at radius 2 is 1.81 bits per heavy atom. The fraction of sp³-hybridized carbons (Fsp3) is 0.333. The first-order valence-corrected chi connectivity index (χ1v) is 9.31. The molecule has 5 nitrogen and oxygen atoms in total. The predicted molar refractivity (Wildman–Crippen MR) is 105 cm³/mol. The van der Waals surface area contributed by atoms with Gasteiger partial charge >= 0.3 is 0 Å². The van der Waals surface area contributed by atoms with Crippen molar-refractivity contribution < 1.29 is 0 Å². The minimum Gasteiger partial charge on any atom is -0.370 e. The largest absolute Gasteiger partial charge is 0.370 e. The Morgan fingerprint density at radius 3 is 2.58 bits per heavy atom. The molecule has 0 saturated heterocycles. The molecule has 0 radical (unpaired) electrons. The number of nitrogens with one attached hydrogen (secondary N) is 1. The molecule has 0 unspecified atom stereocenters. The van der Waals surface area contributed by atoms with Crippen LogP contribution in [0.25, 0.3) is 11.0 Å². The lowest BCUT2D eigenvalue weighted by Crippen LogP contribution is -2.44. The Balaban J connectivity index is 1.52. The maximum atomic E-state index is 6.12. The number of anilines is 1. The summed E-state index contributed by atoms with van der Waals surface area (Å²) in [5.41, 5.74) is 10.7. The second-order valence-corrected chi connectivity index (χ2v) is 7.55. The minimum absolute atomic E-state index is 0.317. The SMILES string of the molecule is Cc1ccc(C2CCC3(CC2)N=C(N)Nc2nc4ccccc4n23)cc1. The summed E-state index contributed by atoms with van der Waals surface area (Å²) in [6.45, 7) is 2.14. The van der Waals surface area contributed by atoms with Gasteiger partial charge in [0.05, 0.1) is 11.0 Å². The molecule has 1 aromatic heterocycles. The van der Waals surface area contributed by atoms with Crippen LogP contribution in [0.15, 0.2) is 53.5 Å². The topological polar surface area (TPSA) is 68.2 Å². The molecule has 1 saturated carbocycles. The third-order valence-corrected chi connectivity index (χ3v) is 5.88. The van der Waals surface area contributed by atoms with E-state index in [2.05, 4.69) is 53.2 Å². The molecule has 1 fully saturated rings. The van der Waals surface area contributed by atoms with Gasteiger partial charge in [-0.1, -0.05) is 42.0 Å². The van der Waals surface area contributed by atoms with E-state index in [4.69, 9.17) is 15.7 Å². The lowest BCUT2D eigenvalue weighted by molar-refractivity contribution is 0.194. The highest BCUT2D eigenvalue weighted by molar-refractivity contribution is 5.94. The molecule has 2 heterocycles. The Hall–Kier alpha value is -2.82. The molecule has 3 N–H and O–H groups in total. The van der Waals surface area contributed by atoms with E-state index in [1.54, 1.807) is 0 Å². The zero-order valence-electron chi connectivity index (χ0n) is 14.9. The van der Waals surface area contributed by atoms with Crippen LogP contribution in [0.3, 0.4) is 0 Å². The summed E-state index contributed by atoms with van der Waals surface area (Å²) in [5.74, 6) is 1.87. The highest BCUT2D eigenvalue weighted by Crippen LogP contribution is 2.46. The quantitative estimate of drug-likeness (QED) is 0.698. The first-order chi connectivity index (χ1) is 12.6. The summed E-state index contributed by atoms with van der Waals surface area (Å²) >= 11 is 0. The smallest absolute Gasteiger partial charge is 0.212 e. The van der Waals surface area contributed by atoms with E-state index in [0.29, 0.717) is 11.9 Å². The van der Waals surface area contributed by atoms with Crippen molar-refractivity contribution in [2.24, 2.45) is 10.7 Å². The molecule has 2 aliphatic rings. The maximum Gasteiger partial charge on any atom is 0.212 e. The first kappa shape index (κ1) is 15.4.